The number of thiophene rings is 1. The van der Waals surface area contributed by atoms with E-state index in [9.17, 15) is 4.79 Å². The first-order valence-corrected chi connectivity index (χ1v) is 9.64. The molecule has 1 N–H and O–H groups in total. The minimum atomic E-state index is 0.130. The first-order chi connectivity index (χ1) is 11.8. The normalized spacial score (nSPS) is 20.4. The van der Waals surface area contributed by atoms with E-state index in [1.165, 1.54) is 10.1 Å². The first kappa shape index (κ1) is 15.8. The average molecular weight is 345 g/mol. The molecule has 4 heterocycles. The van der Waals surface area contributed by atoms with E-state index < -0.39 is 0 Å². The van der Waals surface area contributed by atoms with E-state index in [1.54, 1.807) is 11.3 Å². The van der Waals surface area contributed by atoms with Crippen LogP contribution in [0.25, 0.3) is 10.1 Å². The van der Waals surface area contributed by atoms with E-state index in [2.05, 4.69) is 32.7 Å². The molecule has 0 bridgehead atoms. The fraction of sp³-hybridized carbons (Fsp3) is 0.556. The second kappa shape index (κ2) is 7.07. The van der Waals surface area contributed by atoms with E-state index in [0.717, 1.165) is 57.8 Å². The molecular formula is C18H23N3O2S. The predicted octanol–water partition coefficient (Wildman–Crippen LogP) is 2.81. The molecule has 24 heavy (non-hydrogen) atoms. The Morgan fingerprint density at radius 3 is 2.79 bits per heavy atom. The molecule has 0 radical (unpaired) electrons. The van der Waals surface area contributed by atoms with Gasteiger partial charge in [-0.15, -0.1) is 11.3 Å². The van der Waals surface area contributed by atoms with Crippen molar-refractivity contribution in [1.82, 2.24) is 10.3 Å². The number of carbonyl (C=O) groups is 1. The van der Waals surface area contributed by atoms with E-state index in [0.29, 0.717) is 6.04 Å². The Balaban J connectivity index is 1.36. The summed E-state index contributed by atoms with van der Waals surface area (Å²) >= 11 is 1.75. The van der Waals surface area contributed by atoms with Crippen LogP contribution in [0.1, 0.15) is 25.7 Å². The van der Waals surface area contributed by atoms with Gasteiger partial charge in [0.2, 0.25) is 5.91 Å². The van der Waals surface area contributed by atoms with Gasteiger partial charge >= 0.3 is 0 Å². The van der Waals surface area contributed by atoms with Crippen LogP contribution in [0.4, 0.5) is 5.82 Å². The fourth-order valence-electron chi connectivity index (χ4n) is 3.65. The molecule has 2 aliphatic heterocycles. The Labute approximate surface area is 146 Å². The van der Waals surface area contributed by atoms with Crippen molar-refractivity contribution in [1.29, 1.82) is 0 Å². The molecule has 0 saturated carbocycles. The lowest BCUT2D eigenvalue weighted by molar-refractivity contribution is -0.126. The number of nitrogens with one attached hydrogen (secondary N) is 1. The van der Waals surface area contributed by atoms with Crippen LogP contribution in [0.5, 0.6) is 0 Å². The molecule has 1 amide bonds. The predicted molar refractivity (Wildman–Crippen MR) is 96.5 cm³/mol. The summed E-state index contributed by atoms with van der Waals surface area (Å²) < 4.78 is 6.63. The molecule has 5 nitrogen and oxygen atoms in total. The zero-order valence-electron chi connectivity index (χ0n) is 13.7. The lowest BCUT2D eigenvalue weighted by atomic mass is 9.95. The maximum atomic E-state index is 12.5. The summed E-state index contributed by atoms with van der Waals surface area (Å²) in [6.07, 6.45) is 5.57. The number of rotatable bonds is 3. The number of anilines is 1. The third-order valence-electron chi connectivity index (χ3n) is 5.09. The van der Waals surface area contributed by atoms with Crippen molar-refractivity contribution >= 4 is 33.1 Å². The third-order valence-corrected chi connectivity index (χ3v) is 5.97. The summed E-state index contributed by atoms with van der Waals surface area (Å²) in [5, 5.41) is 6.56. The van der Waals surface area contributed by atoms with E-state index in [1.807, 2.05) is 6.20 Å². The van der Waals surface area contributed by atoms with Gasteiger partial charge in [-0.05, 0) is 43.2 Å². The molecule has 2 aliphatic rings. The van der Waals surface area contributed by atoms with Gasteiger partial charge in [0.05, 0.1) is 0 Å². The maximum absolute atomic E-state index is 12.5. The number of ether oxygens (including phenoxy) is 1. The number of aromatic nitrogens is 1. The largest absolute Gasteiger partial charge is 0.381 e. The Hall–Kier alpha value is -1.66. The van der Waals surface area contributed by atoms with Crippen LogP contribution in [0.2, 0.25) is 0 Å². The molecule has 128 valence electrons. The second-order valence-electron chi connectivity index (χ2n) is 6.62. The summed E-state index contributed by atoms with van der Waals surface area (Å²) in [5.74, 6) is 1.42. The monoisotopic (exact) mass is 345 g/mol. The average Bonchev–Trinajstić information content (AvgIpc) is 3.11. The Bertz CT molecular complexity index is 703. The Morgan fingerprint density at radius 1 is 1.21 bits per heavy atom. The number of amides is 1. The molecule has 2 aromatic heterocycles. The summed E-state index contributed by atoms with van der Waals surface area (Å²) in [5.41, 5.74) is 0. The minimum Gasteiger partial charge on any atom is -0.381 e. The number of pyridine rings is 1. The van der Waals surface area contributed by atoms with Crippen LogP contribution < -0.4 is 10.2 Å². The summed E-state index contributed by atoms with van der Waals surface area (Å²) in [6.45, 7) is 3.32. The zero-order valence-corrected chi connectivity index (χ0v) is 14.6. The van der Waals surface area contributed by atoms with Gasteiger partial charge in [-0.25, -0.2) is 4.98 Å². The van der Waals surface area contributed by atoms with Crippen molar-refractivity contribution in [2.24, 2.45) is 5.92 Å². The molecule has 6 heteroatoms. The highest BCUT2D eigenvalue weighted by Crippen LogP contribution is 2.31. The van der Waals surface area contributed by atoms with Gasteiger partial charge in [0.25, 0.3) is 0 Å². The van der Waals surface area contributed by atoms with Crippen LogP contribution in [0, 0.1) is 5.92 Å². The smallest absolute Gasteiger partial charge is 0.223 e. The molecule has 0 unspecified atom stereocenters. The number of nitrogens with zero attached hydrogens (tertiary/aromatic N) is 2. The topological polar surface area (TPSA) is 54.5 Å². The summed E-state index contributed by atoms with van der Waals surface area (Å²) in [7, 11) is 0. The summed E-state index contributed by atoms with van der Waals surface area (Å²) in [6, 6.07) is 4.51. The van der Waals surface area contributed by atoms with Crippen molar-refractivity contribution in [2.45, 2.75) is 31.7 Å². The molecule has 0 spiro atoms. The Morgan fingerprint density at radius 2 is 2.00 bits per heavy atom. The second-order valence-corrected chi connectivity index (χ2v) is 7.57. The molecule has 0 aliphatic carbocycles. The number of fused-ring (bicyclic) bond motifs is 1. The van der Waals surface area contributed by atoms with Crippen LogP contribution in [0.3, 0.4) is 0 Å². The highest BCUT2D eigenvalue weighted by molar-refractivity contribution is 7.17. The van der Waals surface area contributed by atoms with Crippen LogP contribution in [0.15, 0.2) is 23.7 Å². The quantitative estimate of drug-likeness (QED) is 0.929. The molecule has 4 rings (SSSR count). The van der Waals surface area contributed by atoms with Crippen LogP contribution >= 0.6 is 11.3 Å². The van der Waals surface area contributed by atoms with Gasteiger partial charge in [-0.3, -0.25) is 4.79 Å². The molecule has 0 aromatic carbocycles. The first-order valence-electron chi connectivity index (χ1n) is 8.76. The fourth-order valence-corrected chi connectivity index (χ4v) is 4.42. The number of piperidine rings is 1. The lowest BCUT2D eigenvalue weighted by Crippen LogP contribution is -2.45. The van der Waals surface area contributed by atoms with Gasteiger partial charge in [0.15, 0.2) is 0 Å². The SMILES string of the molecule is O=C(NC1CCOCC1)C1CCN(c2nccc3sccc23)CC1. The minimum absolute atomic E-state index is 0.130. The van der Waals surface area contributed by atoms with Crippen molar-refractivity contribution in [2.75, 3.05) is 31.2 Å². The van der Waals surface area contributed by atoms with Gasteiger partial charge in [-0.1, -0.05) is 0 Å². The van der Waals surface area contributed by atoms with Gasteiger partial charge in [0, 0.05) is 54.5 Å². The molecule has 2 aromatic rings. The van der Waals surface area contributed by atoms with Gasteiger partial charge in [-0.2, -0.15) is 0 Å². The van der Waals surface area contributed by atoms with E-state index in [4.69, 9.17) is 4.74 Å². The van der Waals surface area contributed by atoms with E-state index in [-0.39, 0.29) is 11.8 Å². The summed E-state index contributed by atoms with van der Waals surface area (Å²) in [4.78, 5) is 19.4. The number of hydrogen-bond acceptors (Lipinski definition) is 5. The Kier molecular flexibility index (Phi) is 4.67. The van der Waals surface area contributed by atoms with Gasteiger partial charge < -0.3 is 15.0 Å². The molecule has 2 fully saturated rings. The molecule has 2 saturated heterocycles. The van der Waals surface area contributed by atoms with Crippen molar-refractivity contribution in [3.05, 3.63) is 23.7 Å². The standard InChI is InChI=1S/C18H23N3O2S/c22-18(20-14-4-10-23-11-5-14)13-2-8-21(9-3-13)17-15-6-12-24-16(15)1-7-19-17/h1,6-7,12-14H,2-5,8-11H2,(H,20,22). The lowest BCUT2D eigenvalue weighted by Gasteiger charge is -2.33. The van der Waals surface area contributed by atoms with Crippen LogP contribution in [-0.2, 0) is 9.53 Å². The number of carbonyl (C=O) groups excluding carboxylic acids is 1. The maximum Gasteiger partial charge on any atom is 0.223 e. The van der Waals surface area contributed by atoms with Crippen molar-refractivity contribution < 1.29 is 9.53 Å². The highest BCUT2D eigenvalue weighted by Gasteiger charge is 2.28. The van der Waals surface area contributed by atoms with E-state index >= 15 is 0 Å². The number of hydrogen-bond donors (Lipinski definition) is 1. The van der Waals surface area contributed by atoms with Gasteiger partial charge in [0.1, 0.15) is 5.82 Å². The van der Waals surface area contributed by atoms with Crippen LogP contribution in [-0.4, -0.2) is 43.2 Å². The molecule has 0 atom stereocenters. The molecular weight excluding hydrogens is 322 g/mol. The third kappa shape index (κ3) is 3.26. The van der Waals surface area contributed by atoms with Crippen molar-refractivity contribution in [3.63, 3.8) is 0 Å². The highest BCUT2D eigenvalue weighted by atomic mass is 32.1. The van der Waals surface area contributed by atoms with Crippen molar-refractivity contribution in [3.8, 4) is 0 Å². The zero-order chi connectivity index (χ0) is 16.4.